The topological polar surface area (TPSA) is 49.3 Å². The van der Waals surface area contributed by atoms with Crippen LogP contribution in [0.1, 0.15) is 36.5 Å². The van der Waals surface area contributed by atoms with Crippen LogP contribution >= 0.6 is 0 Å². The second-order valence-electron chi connectivity index (χ2n) is 4.50. The Bertz CT molecular complexity index is 385. The van der Waals surface area contributed by atoms with Crippen LogP contribution in [-0.2, 0) is 0 Å². The lowest BCUT2D eigenvalue weighted by molar-refractivity contribution is 0.0909. The first-order chi connectivity index (χ1) is 7.66. The third kappa shape index (κ3) is 2.35. The van der Waals surface area contributed by atoms with E-state index >= 15 is 0 Å². The van der Waals surface area contributed by atoms with Crippen molar-refractivity contribution in [3.8, 4) is 5.75 Å². The lowest BCUT2D eigenvalue weighted by atomic mass is 9.80. The summed E-state index contributed by atoms with van der Waals surface area (Å²) >= 11 is 0. The Hall–Kier alpha value is -1.51. The van der Waals surface area contributed by atoms with E-state index in [2.05, 4.69) is 5.32 Å². The van der Waals surface area contributed by atoms with Gasteiger partial charge in [0, 0.05) is 11.6 Å². The van der Waals surface area contributed by atoms with Gasteiger partial charge in [-0.2, -0.15) is 0 Å². The summed E-state index contributed by atoms with van der Waals surface area (Å²) in [5.41, 5.74) is 0.520. The quantitative estimate of drug-likeness (QED) is 0.819. The number of amides is 1. The molecule has 1 aliphatic rings. The Kier molecular flexibility index (Phi) is 3.13. The fourth-order valence-corrected chi connectivity index (χ4v) is 1.99. The van der Waals surface area contributed by atoms with Gasteiger partial charge in [-0.3, -0.25) is 4.79 Å². The van der Waals surface area contributed by atoms with Crippen LogP contribution < -0.4 is 5.32 Å². The monoisotopic (exact) mass is 219 g/mol. The molecular formula is C13H17NO2. The predicted octanol–water partition coefficient (Wildman–Crippen LogP) is 2.31. The van der Waals surface area contributed by atoms with Gasteiger partial charge in [-0.15, -0.1) is 0 Å². The normalized spacial score (nSPS) is 17.6. The number of hydrogen-bond donors (Lipinski definition) is 2. The lowest BCUT2D eigenvalue weighted by Crippen LogP contribution is -2.40. The molecule has 1 atom stereocenters. The first-order valence-corrected chi connectivity index (χ1v) is 5.76. The van der Waals surface area contributed by atoms with Crippen molar-refractivity contribution in [1.82, 2.24) is 5.32 Å². The minimum absolute atomic E-state index is 0.102. The smallest absolute Gasteiger partial charge is 0.251 e. The van der Waals surface area contributed by atoms with Crippen LogP contribution in [0.15, 0.2) is 24.3 Å². The molecule has 0 saturated heterocycles. The van der Waals surface area contributed by atoms with Crippen LogP contribution in [0.5, 0.6) is 5.75 Å². The summed E-state index contributed by atoms with van der Waals surface area (Å²) in [6.45, 7) is 2.05. The number of benzene rings is 1. The van der Waals surface area contributed by atoms with E-state index in [4.69, 9.17) is 0 Å². The highest BCUT2D eigenvalue weighted by Gasteiger charge is 2.25. The number of phenols is 1. The van der Waals surface area contributed by atoms with E-state index in [-0.39, 0.29) is 17.7 Å². The van der Waals surface area contributed by atoms with Crippen LogP contribution in [0.2, 0.25) is 0 Å². The molecule has 0 aliphatic heterocycles. The minimum Gasteiger partial charge on any atom is -0.508 e. The summed E-state index contributed by atoms with van der Waals surface area (Å²) in [6.07, 6.45) is 3.69. The maximum Gasteiger partial charge on any atom is 0.251 e. The number of nitrogens with one attached hydrogen (secondary N) is 1. The van der Waals surface area contributed by atoms with Gasteiger partial charge in [0.05, 0.1) is 0 Å². The maximum atomic E-state index is 11.8. The zero-order valence-electron chi connectivity index (χ0n) is 9.44. The fourth-order valence-electron chi connectivity index (χ4n) is 1.99. The molecule has 1 aromatic carbocycles. The van der Waals surface area contributed by atoms with E-state index < -0.39 is 0 Å². The summed E-state index contributed by atoms with van der Waals surface area (Å²) in [4.78, 5) is 11.8. The van der Waals surface area contributed by atoms with Crippen LogP contribution in [0.3, 0.4) is 0 Å². The molecule has 3 heteroatoms. The highest BCUT2D eigenvalue weighted by Crippen LogP contribution is 2.29. The molecule has 0 spiro atoms. The molecule has 1 aromatic rings. The van der Waals surface area contributed by atoms with Crippen molar-refractivity contribution in [2.75, 3.05) is 0 Å². The second-order valence-corrected chi connectivity index (χ2v) is 4.50. The van der Waals surface area contributed by atoms with Crippen LogP contribution in [-0.4, -0.2) is 17.1 Å². The number of aromatic hydroxyl groups is 1. The average Bonchev–Trinajstić information content (AvgIpc) is 2.14. The molecule has 0 radical (unpaired) electrons. The summed E-state index contributed by atoms with van der Waals surface area (Å²) in [6, 6.07) is 6.67. The van der Waals surface area contributed by atoms with Crippen molar-refractivity contribution in [2.24, 2.45) is 5.92 Å². The Morgan fingerprint density at radius 3 is 2.81 bits per heavy atom. The summed E-state index contributed by atoms with van der Waals surface area (Å²) in [7, 11) is 0. The molecule has 0 heterocycles. The van der Waals surface area contributed by atoms with E-state index in [1.54, 1.807) is 18.2 Å². The van der Waals surface area contributed by atoms with E-state index in [0.29, 0.717) is 11.5 Å². The van der Waals surface area contributed by atoms with Gasteiger partial charge in [0.1, 0.15) is 5.75 Å². The first-order valence-electron chi connectivity index (χ1n) is 5.76. The van der Waals surface area contributed by atoms with E-state index in [0.717, 1.165) is 0 Å². The first kappa shape index (κ1) is 11.0. The van der Waals surface area contributed by atoms with Crippen molar-refractivity contribution < 1.29 is 9.90 Å². The molecule has 2 N–H and O–H groups in total. The van der Waals surface area contributed by atoms with Gasteiger partial charge < -0.3 is 10.4 Å². The molecule has 3 nitrogen and oxygen atoms in total. The zero-order chi connectivity index (χ0) is 11.5. The van der Waals surface area contributed by atoms with Gasteiger partial charge >= 0.3 is 0 Å². The van der Waals surface area contributed by atoms with Crippen LogP contribution in [0, 0.1) is 5.92 Å². The van der Waals surface area contributed by atoms with Gasteiger partial charge in [-0.1, -0.05) is 12.5 Å². The Morgan fingerprint density at radius 1 is 1.50 bits per heavy atom. The maximum absolute atomic E-state index is 11.8. The number of carbonyl (C=O) groups is 1. The van der Waals surface area contributed by atoms with E-state index in [1.807, 2.05) is 6.92 Å². The minimum atomic E-state index is -0.102. The van der Waals surface area contributed by atoms with Gasteiger partial charge in [0.2, 0.25) is 0 Å². The molecule has 0 aromatic heterocycles. The third-order valence-electron chi connectivity index (χ3n) is 3.32. The molecule has 1 aliphatic carbocycles. The zero-order valence-corrected chi connectivity index (χ0v) is 9.44. The number of hydrogen-bond acceptors (Lipinski definition) is 2. The van der Waals surface area contributed by atoms with Crippen molar-refractivity contribution >= 4 is 5.91 Å². The van der Waals surface area contributed by atoms with Gasteiger partial charge in [-0.25, -0.2) is 0 Å². The van der Waals surface area contributed by atoms with Crippen LogP contribution in [0.25, 0.3) is 0 Å². The molecule has 1 unspecified atom stereocenters. The van der Waals surface area contributed by atoms with Crippen molar-refractivity contribution in [3.63, 3.8) is 0 Å². The molecule has 86 valence electrons. The van der Waals surface area contributed by atoms with Gasteiger partial charge in [0.15, 0.2) is 0 Å². The van der Waals surface area contributed by atoms with Crippen molar-refractivity contribution in [2.45, 2.75) is 32.2 Å². The molecule has 2 rings (SSSR count). The Morgan fingerprint density at radius 2 is 2.25 bits per heavy atom. The standard InChI is InChI=1S/C13H17NO2/c1-9(10-4-2-5-10)14-13(16)11-6-3-7-12(15)8-11/h3,6-10,15H,2,4-5H2,1H3,(H,14,16). The molecule has 16 heavy (non-hydrogen) atoms. The van der Waals surface area contributed by atoms with Gasteiger partial charge in [0.25, 0.3) is 5.91 Å². The van der Waals surface area contributed by atoms with Gasteiger partial charge in [-0.05, 0) is 43.9 Å². The lowest BCUT2D eigenvalue weighted by Gasteiger charge is -2.31. The van der Waals surface area contributed by atoms with E-state index in [9.17, 15) is 9.90 Å². The summed E-state index contributed by atoms with van der Waals surface area (Å²) in [5, 5.41) is 12.3. The molecule has 1 fully saturated rings. The number of phenolic OH excluding ortho intramolecular Hbond substituents is 1. The average molecular weight is 219 g/mol. The third-order valence-corrected chi connectivity index (χ3v) is 3.32. The van der Waals surface area contributed by atoms with Crippen molar-refractivity contribution in [1.29, 1.82) is 0 Å². The molecule has 1 amide bonds. The number of carbonyl (C=O) groups excluding carboxylic acids is 1. The highest BCUT2D eigenvalue weighted by atomic mass is 16.3. The largest absolute Gasteiger partial charge is 0.508 e. The molecule has 0 bridgehead atoms. The van der Waals surface area contributed by atoms with E-state index in [1.165, 1.54) is 25.3 Å². The Balaban J connectivity index is 1.96. The second kappa shape index (κ2) is 4.56. The molecule has 1 saturated carbocycles. The Labute approximate surface area is 95.5 Å². The highest BCUT2D eigenvalue weighted by molar-refractivity contribution is 5.94. The fraction of sp³-hybridized carbons (Fsp3) is 0.462. The number of rotatable bonds is 3. The summed E-state index contributed by atoms with van der Waals surface area (Å²) in [5.74, 6) is 0.653. The SMILES string of the molecule is CC(NC(=O)c1cccc(O)c1)C1CCC1. The molecular weight excluding hydrogens is 202 g/mol. The van der Waals surface area contributed by atoms with Crippen molar-refractivity contribution in [3.05, 3.63) is 29.8 Å². The predicted molar refractivity (Wildman–Crippen MR) is 62.4 cm³/mol. The van der Waals surface area contributed by atoms with Crippen LogP contribution in [0.4, 0.5) is 0 Å². The summed E-state index contributed by atoms with van der Waals surface area (Å²) < 4.78 is 0.